The minimum absolute atomic E-state index is 0.314. The molecule has 1 aliphatic rings. The van der Waals surface area contributed by atoms with Gasteiger partial charge in [-0.2, -0.15) is 4.31 Å². The molecule has 0 spiro atoms. The number of sulfonamides is 1. The van der Waals surface area contributed by atoms with Crippen molar-refractivity contribution in [1.82, 2.24) is 4.31 Å². The van der Waals surface area contributed by atoms with Gasteiger partial charge in [-0.3, -0.25) is 0 Å². The van der Waals surface area contributed by atoms with E-state index < -0.39 is 10.0 Å². The van der Waals surface area contributed by atoms with Crippen molar-refractivity contribution in [1.29, 1.82) is 0 Å². The molecule has 102 valence electrons. The van der Waals surface area contributed by atoms with Gasteiger partial charge in [-0.1, -0.05) is 0 Å². The van der Waals surface area contributed by atoms with Gasteiger partial charge in [-0.25, -0.2) is 8.42 Å². The van der Waals surface area contributed by atoms with Crippen molar-refractivity contribution in [3.05, 3.63) is 11.4 Å². The number of anilines is 1. The monoisotopic (exact) mass is 290 g/mol. The van der Waals surface area contributed by atoms with Gasteiger partial charge in [0, 0.05) is 37.9 Å². The molecule has 0 bridgehead atoms. The van der Waals surface area contributed by atoms with E-state index in [1.165, 1.54) is 21.7 Å². The van der Waals surface area contributed by atoms with Crippen LogP contribution in [0.2, 0.25) is 0 Å². The first-order valence-electron chi connectivity index (χ1n) is 5.88. The quantitative estimate of drug-likeness (QED) is 0.909. The maximum absolute atomic E-state index is 12.3. The zero-order valence-corrected chi connectivity index (χ0v) is 12.0. The number of rotatable bonds is 4. The maximum atomic E-state index is 12.3. The molecule has 0 unspecified atom stereocenters. The lowest BCUT2D eigenvalue weighted by Gasteiger charge is -2.26. The summed E-state index contributed by atoms with van der Waals surface area (Å²) >= 11 is 1.17. The van der Waals surface area contributed by atoms with E-state index in [0.717, 1.165) is 26.1 Å². The largest absolute Gasteiger partial charge is 0.398 e. The van der Waals surface area contributed by atoms with Gasteiger partial charge in [-0.15, -0.1) is 11.3 Å². The van der Waals surface area contributed by atoms with Gasteiger partial charge >= 0.3 is 0 Å². The second kappa shape index (κ2) is 5.56. The number of nitrogens with zero attached hydrogens (tertiary/aromatic N) is 1. The van der Waals surface area contributed by atoms with Crippen LogP contribution in [-0.4, -0.2) is 39.5 Å². The van der Waals surface area contributed by atoms with E-state index >= 15 is 0 Å². The Hall–Kier alpha value is -0.630. The van der Waals surface area contributed by atoms with Crippen molar-refractivity contribution in [2.75, 3.05) is 32.5 Å². The number of thiophene rings is 1. The summed E-state index contributed by atoms with van der Waals surface area (Å²) in [7, 11) is -1.76. The SMILES string of the molecule is CN(CC1CCOCC1)S(=O)(=O)c1cc(N)cs1. The number of nitrogen functional groups attached to an aromatic ring is 1. The third-order valence-corrected chi connectivity index (χ3v) is 6.37. The van der Waals surface area contributed by atoms with Crippen LogP contribution in [0, 0.1) is 5.92 Å². The summed E-state index contributed by atoms with van der Waals surface area (Å²) in [6.45, 7) is 2.00. The van der Waals surface area contributed by atoms with Gasteiger partial charge < -0.3 is 10.5 Å². The predicted molar refractivity (Wildman–Crippen MR) is 72.1 cm³/mol. The molecule has 0 aromatic carbocycles. The third kappa shape index (κ3) is 3.03. The zero-order chi connectivity index (χ0) is 13.2. The predicted octanol–water partition coefficient (Wildman–Crippen LogP) is 1.38. The zero-order valence-electron chi connectivity index (χ0n) is 10.3. The Labute approximate surface area is 112 Å². The summed E-state index contributed by atoms with van der Waals surface area (Å²) in [5.74, 6) is 0.385. The van der Waals surface area contributed by atoms with Crippen LogP contribution >= 0.6 is 11.3 Å². The van der Waals surface area contributed by atoms with Crippen LogP contribution in [0.3, 0.4) is 0 Å². The molecule has 0 amide bonds. The van der Waals surface area contributed by atoms with Crippen molar-refractivity contribution in [2.24, 2.45) is 5.92 Å². The van der Waals surface area contributed by atoms with Gasteiger partial charge in [0.15, 0.2) is 0 Å². The Morgan fingerprint density at radius 2 is 2.17 bits per heavy atom. The second-order valence-corrected chi connectivity index (χ2v) is 7.72. The molecule has 1 aromatic heterocycles. The summed E-state index contributed by atoms with van der Waals surface area (Å²) in [5.41, 5.74) is 6.07. The van der Waals surface area contributed by atoms with E-state index in [1.54, 1.807) is 12.4 Å². The molecular formula is C11H18N2O3S2. The van der Waals surface area contributed by atoms with Gasteiger partial charge in [-0.05, 0) is 24.8 Å². The average Bonchev–Trinajstić information content (AvgIpc) is 2.78. The summed E-state index contributed by atoms with van der Waals surface area (Å²) in [6.07, 6.45) is 1.85. The van der Waals surface area contributed by atoms with Crippen molar-refractivity contribution >= 4 is 27.0 Å². The third-order valence-electron chi connectivity index (χ3n) is 3.12. The first-order valence-corrected chi connectivity index (χ1v) is 8.20. The van der Waals surface area contributed by atoms with Crippen LogP contribution in [-0.2, 0) is 14.8 Å². The molecule has 1 fully saturated rings. The van der Waals surface area contributed by atoms with E-state index in [4.69, 9.17) is 10.5 Å². The van der Waals surface area contributed by atoms with Crippen LogP contribution in [0.4, 0.5) is 5.69 Å². The molecular weight excluding hydrogens is 272 g/mol. The summed E-state index contributed by atoms with van der Waals surface area (Å²) in [4.78, 5) is 0. The topological polar surface area (TPSA) is 72.6 Å². The van der Waals surface area contributed by atoms with E-state index in [0.29, 0.717) is 22.4 Å². The molecule has 0 aliphatic carbocycles. The molecule has 0 saturated carbocycles. The molecule has 0 atom stereocenters. The second-order valence-electron chi connectivity index (χ2n) is 4.54. The number of hydrogen-bond acceptors (Lipinski definition) is 5. The van der Waals surface area contributed by atoms with Crippen LogP contribution in [0.5, 0.6) is 0 Å². The minimum atomic E-state index is -3.39. The lowest BCUT2D eigenvalue weighted by molar-refractivity contribution is 0.0620. The Bertz CT molecular complexity index is 492. The van der Waals surface area contributed by atoms with E-state index in [9.17, 15) is 8.42 Å². The fourth-order valence-electron chi connectivity index (χ4n) is 2.01. The van der Waals surface area contributed by atoms with Gasteiger partial charge in [0.05, 0.1) is 0 Å². The first kappa shape index (κ1) is 13.8. The van der Waals surface area contributed by atoms with Gasteiger partial charge in [0.1, 0.15) is 4.21 Å². The normalized spacial score (nSPS) is 18.3. The number of ether oxygens (including phenoxy) is 1. The highest BCUT2D eigenvalue weighted by atomic mass is 32.2. The fraction of sp³-hybridized carbons (Fsp3) is 0.636. The minimum Gasteiger partial charge on any atom is -0.398 e. The molecule has 1 aromatic rings. The van der Waals surface area contributed by atoms with E-state index in [-0.39, 0.29) is 0 Å². The summed E-state index contributed by atoms with van der Waals surface area (Å²) < 4.78 is 31.5. The first-order chi connectivity index (χ1) is 8.50. The van der Waals surface area contributed by atoms with Gasteiger partial charge in [0.2, 0.25) is 0 Å². The fourth-order valence-corrected chi connectivity index (χ4v) is 4.55. The smallest absolute Gasteiger partial charge is 0.252 e. The van der Waals surface area contributed by atoms with Crippen LogP contribution in [0.25, 0.3) is 0 Å². The molecule has 2 N–H and O–H groups in total. The van der Waals surface area contributed by atoms with Crippen molar-refractivity contribution in [2.45, 2.75) is 17.1 Å². The van der Waals surface area contributed by atoms with Gasteiger partial charge in [0.25, 0.3) is 10.0 Å². The Morgan fingerprint density at radius 3 is 2.72 bits per heavy atom. The number of hydrogen-bond donors (Lipinski definition) is 1. The molecule has 7 heteroatoms. The molecule has 1 aliphatic heterocycles. The Kier molecular flexibility index (Phi) is 4.26. The summed E-state index contributed by atoms with van der Waals surface area (Å²) in [6, 6.07) is 1.51. The summed E-state index contributed by atoms with van der Waals surface area (Å²) in [5, 5.41) is 1.65. The van der Waals surface area contributed by atoms with E-state index in [1.807, 2.05) is 0 Å². The molecule has 0 radical (unpaired) electrons. The standard InChI is InChI=1S/C11H18N2O3S2/c1-13(7-9-2-4-16-5-3-9)18(14,15)11-6-10(12)8-17-11/h6,8-9H,2-5,7,12H2,1H3. The van der Waals surface area contributed by atoms with Crippen molar-refractivity contribution in [3.63, 3.8) is 0 Å². The molecule has 1 saturated heterocycles. The highest BCUT2D eigenvalue weighted by Gasteiger charge is 2.26. The van der Waals surface area contributed by atoms with E-state index in [2.05, 4.69) is 0 Å². The molecule has 2 rings (SSSR count). The molecule has 18 heavy (non-hydrogen) atoms. The van der Waals surface area contributed by atoms with Crippen LogP contribution in [0.1, 0.15) is 12.8 Å². The number of nitrogens with two attached hydrogens (primary N) is 1. The lowest BCUT2D eigenvalue weighted by atomic mass is 10.0. The molecule has 2 heterocycles. The lowest BCUT2D eigenvalue weighted by Crippen LogP contribution is -2.33. The van der Waals surface area contributed by atoms with Crippen LogP contribution in [0.15, 0.2) is 15.7 Å². The Balaban J connectivity index is 2.05. The highest BCUT2D eigenvalue weighted by Crippen LogP contribution is 2.26. The maximum Gasteiger partial charge on any atom is 0.252 e. The Morgan fingerprint density at radius 1 is 1.50 bits per heavy atom. The highest BCUT2D eigenvalue weighted by molar-refractivity contribution is 7.91. The van der Waals surface area contributed by atoms with Crippen molar-refractivity contribution in [3.8, 4) is 0 Å². The molecule has 5 nitrogen and oxygen atoms in total. The van der Waals surface area contributed by atoms with Crippen LogP contribution < -0.4 is 5.73 Å². The average molecular weight is 290 g/mol. The van der Waals surface area contributed by atoms with Crippen molar-refractivity contribution < 1.29 is 13.2 Å².